The number of benzene rings is 1. The number of fused-ring (bicyclic) bond motifs is 2. The predicted molar refractivity (Wildman–Crippen MR) is 90.5 cm³/mol. The summed E-state index contributed by atoms with van der Waals surface area (Å²) in [7, 11) is 1.60. The summed E-state index contributed by atoms with van der Waals surface area (Å²) in [6.07, 6.45) is 0.383. The third kappa shape index (κ3) is 2.79. The number of nitrogens with zero attached hydrogens (tertiary/aromatic N) is 2. The van der Waals surface area contributed by atoms with Gasteiger partial charge in [0.15, 0.2) is 5.58 Å². The second-order valence-corrected chi connectivity index (χ2v) is 6.51. The van der Waals surface area contributed by atoms with E-state index in [0.717, 1.165) is 0 Å². The van der Waals surface area contributed by atoms with Gasteiger partial charge in [0.1, 0.15) is 6.04 Å². The normalized spacial score (nSPS) is 22.7. The maximum Gasteiger partial charge on any atom is 0.417 e. The standard InChI is InChI=1S/C16H17N5O5/c1-20-7-13(22)21-6-9(4-11(21)14(20)23)18-15(24)17-8-2-3-10-12(5-8)26-16(25)19-10/h2-3,5,9,11H,4,6-7H2,1H3,(H,19,25)(H2,17,18,24)/t9-,11-/m0/s1. The van der Waals surface area contributed by atoms with Crippen molar-refractivity contribution in [1.29, 1.82) is 0 Å². The number of piperazine rings is 1. The number of nitrogens with one attached hydrogen (secondary N) is 3. The lowest BCUT2D eigenvalue weighted by Crippen LogP contribution is -2.55. The number of likely N-dealkylation sites (N-methyl/N-ethyl adjacent to an activating group) is 1. The molecule has 0 unspecified atom stereocenters. The minimum absolute atomic E-state index is 0.0656. The molecule has 2 aliphatic rings. The van der Waals surface area contributed by atoms with Crippen LogP contribution in [0.3, 0.4) is 0 Å². The van der Waals surface area contributed by atoms with Crippen LogP contribution in [0.4, 0.5) is 10.5 Å². The number of urea groups is 1. The van der Waals surface area contributed by atoms with Crippen molar-refractivity contribution in [2.45, 2.75) is 18.5 Å². The van der Waals surface area contributed by atoms with Gasteiger partial charge in [-0.1, -0.05) is 0 Å². The highest BCUT2D eigenvalue weighted by atomic mass is 16.4. The van der Waals surface area contributed by atoms with Gasteiger partial charge in [-0.05, 0) is 18.6 Å². The Morgan fingerprint density at radius 1 is 1.31 bits per heavy atom. The maximum absolute atomic E-state index is 12.2. The summed E-state index contributed by atoms with van der Waals surface area (Å²) >= 11 is 0. The monoisotopic (exact) mass is 359 g/mol. The third-order valence-corrected chi connectivity index (χ3v) is 4.67. The molecular formula is C16H17N5O5. The fourth-order valence-corrected chi connectivity index (χ4v) is 3.45. The van der Waals surface area contributed by atoms with Crippen LogP contribution in [-0.4, -0.2) is 64.9 Å². The molecule has 1 aromatic heterocycles. The van der Waals surface area contributed by atoms with Crippen molar-refractivity contribution in [2.75, 3.05) is 25.5 Å². The molecule has 3 N–H and O–H groups in total. The number of aromatic amines is 1. The van der Waals surface area contributed by atoms with Crippen LogP contribution in [0.15, 0.2) is 27.4 Å². The van der Waals surface area contributed by atoms with E-state index in [0.29, 0.717) is 29.8 Å². The van der Waals surface area contributed by atoms with E-state index < -0.39 is 17.8 Å². The first-order chi connectivity index (χ1) is 12.4. The summed E-state index contributed by atoms with van der Waals surface area (Å²) in [5.41, 5.74) is 1.33. The first-order valence-electron chi connectivity index (χ1n) is 8.15. The van der Waals surface area contributed by atoms with Crippen molar-refractivity contribution in [3.63, 3.8) is 0 Å². The van der Waals surface area contributed by atoms with Crippen LogP contribution < -0.4 is 16.4 Å². The highest BCUT2D eigenvalue weighted by Crippen LogP contribution is 2.23. The van der Waals surface area contributed by atoms with Crippen LogP contribution in [0.2, 0.25) is 0 Å². The molecule has 136 valence electrons. The van der Waals surface area contributed by atoms with E-state index in [1.54, 1.807) is 19.2 Å². The van der Waals surface area contributed by atoms with Crippen LogP contribution >= 0.6 is 0 Å². The quantitative estimate of drug-likeness (QED) is 0.677. The Kier molecular flexibility index (Phi) is 3.67. The number of amides is 4. The number of hydrogen-bond acceptors (Lipinski definition) is 5. The van der Waals surface area contributed by atoms with Gasteiger partial charge < -0.3 is 24.9 Å². The van der Waals surface area contributed by atoms with Gasteiger partial charge in [-0.25, -0.2) is 9.59 Å². The summed E-state index contributed by atoms with van der Waals surface area (Å²) in [6, 6.07) is 3.50. The zero-order valence-electron chi connectivity index (χ0n) is 13.9. The van der Waals surface area contributed by atoms with E-state index in [9.17, 15) is 19.2 Å². The van der Waals surface area contributed by atoms with E-state index in [1.807, 2.05) is 0 Å². The zero-order chi connectivity index (χ0) is 18.4. The average Bonchev–Trinajstić information content (AvgIpc) is 3.15. The van der Waals surface area contributed by atoms with Gasteiger partial charge in [0.2, 0.25) is 11.8 Å². The summed E-state index contributed by atoms with van der Waals surface area (Å²) in [5, 5.41) is 5.44. The van der Waals surface area contributed by atoms with Gasteiger partial charge in [-0.2, -0.15) is 0 Å². The van der Waals surface area contributed by atoms with E-state index >= 15 is 0 Å². The Hall–Kier alpha value is -3.30. The minimum Gasteiger partial charge on any atom is -0.408 e. The van der Waals surface area contributed by atoms with Crippen molar-refractivity contribution in [3.8, 4) is 0 Å². The molecule has 26 heavy (non-hydrogen) atoms. The number of aromatic nitrogens is 1. The molecule has 4 rings (SSSR count). The van der Waals surface area contributed by atoms with Crippen molar-refractivity contribution in [2.24, 2.45) is 0 Å². The molecule has 0 saturated carbocycles. The SMILES string of the molecule is CN1CC(=O)N2C[C@@H](NC(=O)Nc3ccc4[nH]c(=O)oc4c3)C[C@H]2C1=O. The number of rotatable bonds is 2. The van der Waals surface area contributed by atoms with Crippen LogP contribution in [0, 0.1) is 0 Å². The molecule has 2 fully saturated rings. The number of carbonyl (C=O) groups is 3. The topological polar surface area (TPSA) is 128 Å². The van der Waals surface area contributed by atoms with Crippen LogP contribution in [0.5, 0.6) is 0 Å². The number of oxazole rings is 1. The molecule has 1 aromatic carbocycles. The average molecular weight is 359 g/mol. The Balaban J connectivity index is 1.41. The molecule has 2 saturated heterocycles. The van der Waals surface area contributed by atoms with Crippen molar-refractivity contribution >= 4 is 34.6 Å². The number of hydrogen-bond donors (Lipinski definition) is 3. The fourth-order valence-electron chi connectivity index (χ4n) is 3.45. The lowest BCUT2D eigenvalue weighted by molar-refractivity contribution is -0.152. The van der Waals surface area contributed by atoms with E-state index in [4.69, 9.17) is 4.42 Å². The van der Waals surface area contributed by atoms with E-state index in [2.05, 4.69) is 15.6 Å². The fraction of sp³-hybridized carbons (Fsp3) is 0.375. The second kappa shape index (κ2) is 5.90. The molecule has 4 amide bonds. The van der Waals surface area contributed by atoms with Gasteiger partial charge in [0, 0.05) is 25.3 Å². The first-order valence-corrected chi connectivity index (χ1v) is 8.15. The molecule has 0 bridgehead atoms. The number of anilines is 1. The van der Waals surface area contributed by atoms with Crippen molar-refractivity contribution in [1.82, 2.24) is 20.1 Å². The van der Waals surface area contributed by atoms with Crippen LogP contribution in [-0.2, 0) is 9.59 Å². The molecule has 2 atom stereocenters. The lowest BCUT2D eigenvalue weighted by atomic mass is 10.1. The highest BCUT2D eigenvalue weighted by molar-refractivity contribution is 5.96. The number of carbonyl (C=O) groups excluding carboxylic acids is 3. The predicted octanol–water partition coefficient (Wildman–Crippen LogP) is -0.316. The molecule has 10 nitrogen and oxygen atoms in total. The number of H-pyrrole nitrogens is 1. The van der Waals surface area contributed by atoms with E-state index in [1.165, 1.54) is 15.9 Å². The third-order valence-electron chi connectivity index (χ3n) is 4.67. The van der Waals surface area contributed by atoms with Gasteiger partial charge in [-0.3, -0.25) is 14.6 Å². The molecule has 2 aromatic rings. The van der Waals surface area contributed by atoms with Gasteiger partial charge >= 0.3 is 11.8 Å². The van der Waals surface area contributed by atoms with Crippen molar-refractivity contribution in [3.05, 3.63) is 28.7 Å². The molecule has 0 radical (unpaired) electrons. The van der Waals surface area contributed by atoms with E-state index in [-0.39, 0.29) is 24.4 Å². The lowest BCUT2D eigenvalue weighted by Gasteiger charge is -2.33. The Bertz CT molecular complexity index is 963. The summed E-state index contributed by atoms with van der Waals surface area (Å²) < 4.78 is 4.95. The molecule has 0 aliphatic carbocycles. The Morgan fingerprint density at radius 2 is 2.12 bits per heavy atom. The van der Waals surface area contributed by atoms with Crippen molar-refractivity contribution < 1.29 is 18.8 Å². The zero-order valence-corrected chi connectivity index (χ0v) is 13.9. The summed E-state index contributed by atoms with van der Waals surface area (Å²) in [5.74, 6) is -0.791. The largest absolute Gasteiger partial charge is 0.417 e. The molecular weight excluding hydrogens is 342 g/mol. The second-order valence-electron chi connectivity index (χ2n) is 6.51. The summed E-state index contributed by atoms with van der Waals surface area (Å²) in [4.78, 5) is 53.0. The molecule has 0 spiro atoms. The minimum atomic E-state index is -0.566. The molecule has 3 heterocycles. The van der Waals surface area contributed by atoms with Crippen LogP contribution in [0.1, 0.15) is 6.42 Å². The van der Waals surface area contributed by atoms with Gasteiger partial charge in [-0.15, -0.1) is 0 Å². The summed E-state index contributed by atoms with van der Waals surface area (Å²) in [6.45, 7) is 0.373. The van der Waals surface area contributed by atoms with Gasteiger partial charge in [0.05, 0.1) is 18.1 Å². The first kappa shape index (κ1) is 16.2. The van der Waals surface area contributed by atoms with Gasteiger partial charge in [0.25, 0.3) is 0 Å². The van der Waals surface area contributed by atoms with Crippen LogP contribution in [0.25, 0.3) is 11.1 Å². The Labute approximate surface area is 147 Å². The Morgan fingerprint density at radius 3 is 2.92 bits per heavy atom. The smallest absolute Gasteiger partial charge is 0.408 e. The highest BCUT2D eigenvalue weighted by Gasteiger charge is 2.44. The molecule has 10 heteroatoms. The molecule has 2 aliphatic heterocycles. The maximum atomic E-state index is 12.2.